The van der Waals surface area contributed by atoms with Gasteiger partial charge in [0.1, 0.15) is 0 Å². The summed E-state index contributed by atoms with van der Waals surface area (Å²) >= 11 is 0. The monoisotopic (exact) mass is 182 g/mol. The summed E-state index contributed by atoms with van der Waals surface area (Å²) in [6.45, 7) is 5.80. The third-order valence-corrected chi connectivity index (χ3v) is 1.28. The Labute approximate surface area is 74.8 Å². The van der Waals surface area contributed by atoms with Crippen molar-refractivity contribution < 1.29 is 9.42 Å². The smallest absolute Gasteiger partial charge is 0.277 e. The van der Waals surface area contributed by atoms with Crippen molar-refractivity contribution >= 4 is 11.7 Å². The first-order chi connectivity index (χ1) is 6.11. The van der Waals surface area contributed by atoms with Crippen molar-refractivity contribution in [3.8, 4) is 0 Å². The number of rotatable bonds is 3. The summed E-state index contributed by atoms with van der Waals surface area (Å²) in [7, 11) is 0. The average molecular weight is 182 g/mol. The van der Waals surface area contributed by atoms with Crippen LogP contribution in [0.1, 0.15) is 17.4 Å². The van der Waals surface area contributed by atoms with Crippen LogP contribution in [-0.4, -0.2) is 22.8 Å². The van der Waals surface area contributed by atoms with Crippen LogP contribution in [0.25, 0.3) is 0 Å². The molecule has 0 radical (unpaired) electrons. The van der Waals surface area contributed by atoms with E-state index in [0.717, 1.165) is 5.57 Å². The lowest BCUT2D eigenvalue weighted by Gasteiger charge is -2.00. The fourth-order valence-electron chi connectivity index (χ4n) is 0.668. The van der Waals surface area contributed by atoms with Crippen molar-refractivity contribution in [1.29, 1.82) is 0 Å². The molecular formula is C7H10N4O2. The molecule has 70 valence electrons. The Morgan fingerprint density at radius 3 is 2.85 bits per heavy atom. The molecule has 6 heteroatoms. The van der Waals surface area contributed by atoms with Gasteiger partial charge in [-0.2, -0.15) is 0 Å². The standard InChI is InChI=1S/C7H10N4O2/c1-4(2)3-9-7(12)5-6(8)11-13-10-5/h1,3H2,2H3,(H2,8,11)(H,9,12). The quantitative estimate of drug-likeness (QED) is 0.639. The first kappa shape index (κ1) is 9.24. The first-order valence-corrected chi connectivity index (χ1v) is 3.62. The normalized spacial score (nSPS) is 9.62. The van der Waals surface area contributed by atoms with Gasteiger partial charge in [0.15, 0.2) is 0 Å². The number of carbonyl (C=O) groups is 1. The molecule has 0 spiro atoms. The molecular weight excluding hydrogens is 172 g/mol. The molecule has 0 aromatic carbocycles. The number of nitrogens with two attached hydrogens (primary N) is 1. The molecule has 1 heterocycles. The maximum absolute atomic E-state index is 11.2. The second kappa shape index (κ2) is 3.70. The van der Waals surface area contributed by atoms with Crippen LogP contribution < -0.4 is 11.1 Å². The van der Waals surface area contributed by atoms with Crippen molar-refractivity contribution in [2.45, 2.75) is 6.92 Å². The summed E-state index contributed by atoms with van der Waals surface area (Å²) in [6.07, 6.45) is 0. The van der Waals surface area contributed by atoms with Crippen LogP contribution in [0.5, 0.6) is 0 Å². The Bertz CT molecular complexity index is 331. The van der Waals surface area contributed by atoms with Crippen LogP contribution in [0, 0.1) is 0 Å². The van der Waals surface area contributed by atoms with Crippen molar-refractivity contribution in [3.05, 3.63) is 17.8 Å². The molecule has 1 aromatic heterocycles. The molecule has 0 aliphatic carbocycles. The molecule has 3 N–H and O–H groups in total. The molecule has 0 saturated heterocycles. The van der Waals surface area contributed by atoms with E-state index in [4.69, 9.17) is 5.73 Å². The summed E-state index contributed by atoms with van der Waals surface area (Å²) in [5.41, 5.74) is 6.13. The van der Waals surface area contributed by atoms with Crippen molar-refractivity contribution in [3.63, 3.8) is 0 Å². The molecule has 0 saturated carbocycles. The van der Waals surface area contributed by atoms with Crippen LogP contribution in [-0.2, 0) is 0 Å². The lowest BCUT2D eigenvalue weighted by molar-refractivity contribution is 0.0948. The molecule has 0 aliphatic heterocycles. The Morgan fingerprint density at radius 1 is 1.69 bits per heavy atom. The SMILES string of the molecule is C=C(C)CNC(=O)c1nonc1N. The average Bonchev–Trinajstić information content (AvgIpc) is 2.47. The van der Waals surface area contributed by atoms with E-state index in [1.807, 2.05) is 0 Å². The number of anilines is 1. The minimum absolute atomic E-state index is 0.00116. The van der Waals surface area contributed by atoms with E-state index in [2.05, 4.69) is 26.8 Å². The van der Waals surface area contributed by atoms with Gasteiger partial charge in [-0.25, -0.2) is 4.63 Å². The van der Waals surface area contributed by atoms with Gasteiger partial charge < -0.3 is 11.1 Å². The van der Waals surface area contributed by atoms with E-state index in [1.54, 1.807) is 6.92 Å². The molecule has 0 aliphatic rings. The summed E-state index contributed by atoms with van der Waals surface area (Å²) < 4.78 is 4.26. The molecule has 0 unspecified atom stereocenters. The van der Waals surface area contributed by atoms with Gasteiger partial charge in [-0.05, 0) is 17.2 Å². The van der Waals surface area contributed by atoms with E-state index < -0.39 is 5.91 Å². The predicted octanol–water partition coefficient (Wildman–Crippen LogP) is -0.0423. The first-order valence-electron chi connectivity index (χ1n) is 3.62. The van der Waals surface area contributed by atoms with Crippen molar-refractivity contribution in [2.75, 3.05) is 12.3 Å². The van der Waals surface area contributed by atoms with Crippen molar-refractivity contribution in [2.24, 2.45) is 0 Å². The molecule has 1 aromatic rings. The van der Waals surface area contributed by atoms with Crippen molar-refractivity contribution in [1.82, 2.24) is 15.6 Å². The largest absolute Gasteiger partial charge is 0.379 e. The van der Waals surface area contributed by atoms with E-state index in [0.29, 0.717) is 6.54 Å². The van der Waals surface area contributed by atoms with Gasteiger partial charge in [-0.15, -0.1) is 0 Å². The van der Waals surface area contributed by atoms with E-state index in [1.165, 1.54) is 0 Å². The fourth-order valence-corrected chi connectivity index (χ4v) is 0.668. The second-order valence-corrected chi connectivity index (χ2v) is 2.64. The second-order valence-electron chi connectivity index (χ2n) is 2.64. The lowest BCUT2D eigenvalue weighted by Crippen LogP contribution is -2.25. The predicted molar refractivity (Wildman–Crippen MR) is 45.9 cm³/mol. The van der Waals surface area contributed by atoms with Crippen LogP contribution in [0.2, 0.25) is 0 Å². The van der Waals surface area contributed by atoms with Gasteiger partial charge in [0.05, 0.1) is 0 Å². The zero-order valence-corrected chi connectivity index (χ0v) is 7.20. The maximum atomic E-state index is 11.2. The van der Waals surface area contributed by atoms with E-state index >= 15 is 0 Å². The number of nitrogens with zero attached hydrogens (tertiary/aromatic N) is 2. The van der Waals surface area contributed by atoms with Crippen LogP contribution in [0.4, 0.5) is 5.82 Å². The third-order valence-electron chi connectivity index (χ3n) is 1.28. The fraction of sp³-hybridized carbons (Fsp3) is 0.286. The molecule has 0 fully saturated rings. The number of nitrogens with one attached hydrogen (secondary N) is 1. The summed E-state index contributed by atoms with van der Waals surface area (Å²) in [5.74, 6) is -0.430. The highest BCUT2D eigenvalue weighted by molar-refractivity contribution is 5.96. The highest BCUT2D eigenvalue weighted by Gasteiger charge is 2.14. The minimum Gasteiger partial charge on any atom is -0.379 e. The van der Waals surface area contributed by atoms with E-state index in [-0.39, 0.29) is 11.5 Å². The number of hydrogen-bond acceptors (Lipinski definition) is 5. The topological polar surface area (TPSA) is 94.0 Å². The lowest BCUT2D eigenvalue weighted by atomic mass is 10.3. The zero-order valence-electron chi connectivity index (χ0n) is 7.20. The van der Waals surface area contributed by atoms with Crippen LogP contribution in [0.3, 0.4) is 0 Å². The zero-order chi connectivity index (χ0) is 9.84. The van der Waals surface area contributed by atoms with Gasteiger partial charge >= 0.3 is 0 Å². The Balaban J connectivity index is 2.59. The Kier molecular flexibility index (Phi) is 2.63. The Morgan fingerprint density at radius 2 is 2.38 bits per heavy atom. The van der Waals surface area contributed by atoms with Crippen LogP contribution in [0.15, 0.2) is 16.8 Å². The van der Waals surface area contributed by atoms with Gasteiger partial charge in [0, 0.05) is 6.54 Å². The summed E-state index contributed by atoms with van der Waals surface area (Å²) in [6, 6.07) is 0. The minimum atomic E-state index is -0.415. The highest BCUT2D eigenvalue weighted by atomic mass is 16.6. The number of carbonyl (C=O) groups excluding carboxylic acids is 1. The number of amides is 1. The third kappa shape index (κ3) is 2.29. The molecule has 0 atom stereocenters. The Hall–Kier alpha value is -1.85. The molecule has 0 bridgehead atoms. The van der Waals surface area contributed by atoms with Gasteiger partial charge in [0.2, 0.25) is 11.5 Å². The van der Waals surface area contributed by atoms with Crippen LogP contribution >= 0.6 is 0 Å². The molecule has 1 amide bonds. The molecule has 6 nitrogen and oxygen atoms in total. The summed E-state index contributed by atoms with van der Waals surface area (Å²) in [4.78, 5) is 11.2. The highest BCUT2D eigenvalue weighted by Crippen LogP contribution is 2.02. The van der Waals surface area contributed by atoms with Gasteiger partial charge in [0.25, 0.3) is 5.91 Å². The molecule has 1 rings (SSSR count). The number of aromatic nitrogens is 2. The van der Waals surface area contributed by atoms with E-state index in [9.17, 15) is 4.79 Å². The maximum Gasteiger partial charge on any atom is 0.277 e. The summed E-state index contributed by atoms with van der Waals surface area (Å²) in [5, 5.41) is 9.16. The number of nitrogen functional groups attached to an aromatic ring is 1. The van der Waals surface area contributed by atoms with Gasteiger partial charge in [-0.3, -0.25) is 4.79 Å². The number of hydrogen-bond donors (Lipinski definition) is 2. The van der Waals surface area contributed by atoms with Gasteiger partial charge in [-0.1, -0.05) is 12.2 Å². The molecule has 13 heavy (non-hydrogen) atoms.